The van der Waals surface area contributed by atoms with Crippen LogP contribution in [-0.4, -0.2) is 30.6 Å². The summed E-state index contributed by atoms with van der Waals surface area (Å²) in [6, 6.07) is 0.310. The van der Waals surface area contributed by atoms with Crippen LogP contribution >= 0.6 is 0 Å². The first-order valence-electron chi connectivity index (χ1n) is 6.93. The molecule has 2 saturated carbocycles. The molecule has 0 saturated heterocycles. The molecule has 0 radical (unpaired) electrons. The molecule has 2 aliphatic rings. The minimum absolute atomic E-state index is 0.241. The summed E-state index contributed by atoms with van der Waals surface area (Å²) in [6.45, 7) is 10.5. The van der Waals surface area contributed by atoms with Crippen LogP contribution in [0.1, 0.15) is 46.5 Å². The van der Waals surface area contributed by atoms with Crippen molar-refractivity contribution in [2.45, 2.75) is 52.5 Å². The minimum Gasteiger partial charge on any atom is -0.326 e. The lowest BCUT2D eigenvalue weighted by molar-refractivity contribution is 0.187. The summed E-state index contributed by atoms with van der Waals surface area (Å²) < 4.78 is 0. The Bertz CT molecular complexity index is 209. The quantitative estimate of drug-likeness (QED) is 0.751. The van der Waals surface area contributed by atoms with Gasteiger partial charge < -0.3 is 10.6 Å². The van der Waals surface area contributed by atoms with Gasteiger partial charge in [-0.2, -0.15) is 0 Å². The van der Waals surface area contributed by atoms with E-state index in [1.165, 1.54) is 38.8 Å². The third-order valence-electron chi connectivity index (χ3n) is 3.99. The predicted octanol–water partition coefficient (Wildman–Crippen LogP) is 2.48. The lowest BCUT2D eigenvalue weighted by atomic mass is 9.87. The van der Waals surface area contributed by atoms with Crippen molar-refractivity contribution in [3.05, 3.63) is 0 Å². The monoisotopic (exact) mass is 224 g/mol. The summed E-state index contributed by atoms with van der Waals surface area (Å²) in [7, 11) is 0. The Morgan fingerprint density at radius 1 is 1.06 bits per heavy atom. The third kappa shape index (κ3) is 4.06. The second-order valence-corrected chi connectivity index (χ2v) is 7.08. The molecule has 0 bridgehead atoms. The van der Waals surface area contributed by atoms with Gasteiger partial charge in [0.2, 0.25) is 0 Å². The Kier molecular flexibility index (Phi) is 3.60. The van der Waals surface area contributed by atoms with Crippen LogP contribution in [0.2, 0.25) is 0 Å². The maximum atomic E-state index is 6.30. The summed E-state index contributed by atoms with van der Waals surface area (Å²) in [5.74, 6) is 1.98. The van der Waals surface area contributed by atoms with Crippen LogP contribution in [0.15, 0.2) is 0 Å². The molecule has 2 N–H and O–H groups in total. The van der Waals surface area contributed by atoms with Gasteiger partial charge in [-0.15, -0.1) is 0 Å². The fourth-order valence-corrected chi connectivity index (χ4v) is 2.11. The largest absolute Gasteiger partial charge is 0.326 e. The Labute approximate surface area is 101 Å². The first-order chi connectivity index (χ1) is 7.45. The molecule has 16 heavy (non-hydrogen) atoms. The highest BCUT2D eigenvalue weighted by Gasteiger charge is 2.31. The van der Waals surface area contributed by atoms with E-state index in [4.69, 9.17) is 5.73 Å². The summed E-state index contributed by atoms with van der Waals surface area (Å²) >= 11 is 0. The van der Waals surface area contributed by atoms with E-state index in [0.29, 0.717) is 6.04 Å². The highest BCUT2D eigenvalue weighted by molar-refractivity contribution is 4.86. The van der Waals surface area contributed by atoms with Gasteiger partial charge in [-0.25, -0.2) is 0 Å². The molecule has 2 heteroatoms. The van der Waals surface area contributed by atoms with E-state index in [1.807, 2.05) is 0 Å². The van der Waals surface area contributed by atoms with Crippen LogP contribution in [0.3, 0.4) is 0 Å². The number of nitrogens with two attached hydrogens (primary N) is 1. The van der Waals surface area contributed by atoms with Crippen molar-refractivity contribution in [2.75, 3.05) is 19.6 Å². The van der Waals surface area contributed by atoms with E-state index < -0.39 is 0 Å². The number of rotatable bonds is 6. The molecular formula is C14H28N2. The summed E-state index contributed by atoms with van der Waals surface area (Å²) in [4.78, 5) is 2.64. The Morgan fingerprint density at radius 2 is 1.50 bits per heavy atom. The van der Waals surface area contributed by atoms with Gasteiger partial charge in [0, 0.05) is 25.7 Å². The SMILES string of the molecule is CC(C)(C)C(N)CN(CC1CC1)CC1CC1. The maximum absolute atomic E-state index is 6.30. The van der Waals surface area contributed by atoms with Gasteiger partial charge in [-0.05, 0) is 42.9 Å². The molecule has 0 aromatic carbocycles. The van der Waals surface area contributed by atoms with E-state index in [1.54, 1.807) is 0 Å². The molecule has 0 aliphatic heterocycles. The van der Waals surface area contributed by atoms with Gasteiger partial charge in [0.05, 0.1) is 0 Å². The van der Waals surface area contributed by atoms with Crippen LogP contribution < -0.4 is 5.73 Å². The second kappa shape index (κ2) is 4.66. The van der Waals surface area contributed by atoms with Crippen LogP contribution in [-0.2, 0) is 0 Å². The van der Waals surface area contributed by atoms with E-state index in [9.17, 15) is 0 Å². The van der Waals surface area contributed by atoms with Gasteiger partial charge in [0.1, 0.15) is 0 Å². The van der Waals surface area contributed by atoms with E-state index >= 15 is 0 Å². The third-order valence-corrected chi connectivity index (χ3v) is 3.99. The standard InChI is InChI=1S/C14H28N2/c1-14(2,3)13(15)10-16(8-11-4-5-11)9-12-6-7-12/h11-13H,4-10,15H2,1-3H3. The van der Waals surface area contributed by atoms with Crippen molar-refractivity contribution in [3.63, 3.8) is 0 Å². The first-order valence-corrected chi connectivity index (χ1v) is 6.93. The minimum atomic E-state index is 0.241. The normalized spacial score (nSPS) is 23.8. The van der Waals surface area contributed by atoms with E-state index in [2.05, 4.69) is 25.7 Å². The van der Waals surface area contributed by atoms with Crippen molar-refractivity contribution in [2.24, 2.45) is 23.0 Å². The molecule has 1 unspecified atom stereocenters. The van der Waals surface area contributed by atoms with Gasteiger partial charge in [0.15, 0.2) is 0 Å². The molecule has 94 valence electrons. The summed E-state index contributed by atoms with van der Waals surface area (Å²) in [5.41, 5.74) is 6.54. The molecule has 2 rings (SSSR count). The van der Waals surface area contributed by atoms with Crippen LogP contribution in [0.4, 0.5) is 0 Å². The molecule has 1 atom stereocenters. The van der Waals surface area contributed by atoms with Crippen molar-refractivity contribution in [3.8, 4) is 0 Å². The molecule has 2 aliphatic carbocycles. The number of hydrogen-bond donors (Lipinski definition) is 1. The van der Waals surface area contributed by atoms with E-state index in [0.717, 1.165) is 18.4 Å². The second-order valence-electron chi connectivity index (χ2n) is 7.08. The van der Waals surface area contributed by atoms with Gasteiger partial charge in [-0.1, -0.05) is 20.8 Å². The highest BCUT2D eigenvalue weighted by atomic mass is 15.1. The summed E-state index contributed by atoms with van der Waals surface area (Å²) in [5, 5.41) is 0. The predicted molar refractivity (Wildman–Crippen MR) is 69.3 cm³/mol. The fourth-order valence-electron chi connectivity index (χ4n) is 2.11. The topological polar surface area (TPSA) is 29.3 Å². The van der Waals surface area contributed by atoms with Crippen molar-refractivity contribution < 1.29 is 0 Å². The van der Waals surface area contributed by atoms with Gasteiger partial charge >= 0.3 is 0 Å². The molecule has 0 aromatic heterocycles. The van der Waals surface area contributed by atoms with Gasteiger partial charge in [-0.3, -0.25) is 0 Å². The average molecular weight is 224 g/mol. The Hall–Kier alpha value is -0.0800. The molecule has 0 aromatic rings. The molecule has 0 amide bonds. The van der Waals surface area contributed by atoms with Crippen molar-refractivity contribution >= 4 is 0 Å². The van der Waals surface area contributed by atoms with Crippen LogP contribution in [0.25, 0.3) is 0 Å². The first kappa shape index (κ1) is 12.4. The smallest absolute Gasteiger partial charge is 0.0217 e. The molecule has 0 spiro atoms. The number of hydrogen-bond acceptors (Lipinski definition) is 2. The molecule has 2 nitrogen and oxygen atoms in total. The lowest BCUT2D eigenvalue weighted by Crippen LogP contribution is -2.46. The van der Waals surface area contributed by atoms with E-state index in [-0.39, 0.29) is 5.41 Å². The maximum Gasteiger partial charge on any atom is 0.0217 e. The van der Waals surface area contributed by atoms with Gasteiger partial charge in [0.25, 0.3) is 0 Å². The average Bonchev–Trinajstić information content (AvgIpc) is 2.97. The van der Waals surface area contributed by atoms with Crippen molar-refractivity contribution in [1.82, 2.24) is 4.90 Å². The number of nitrogens with zero attached hydrogens (tertiary/aromatic N) is 1. The highest BCUT2D eigenvalue weighted by Crippen LogP contribution is 2.34. The zero-order valence-electron chi connectivity index (χ0n) is 11.2. The lowest BCUT2D eigenvalue weighted by Gasteiger charge is -2.33. The van der Waals surface area contributed by atoms with Crippen LogP contribution in [0, 0.1) is 17.3 Å². The Balaban J connectivity index is 1.79. The zero-order valence-corrected chi connectivity index (χ0v) is 11.2. The molecular weight excluding hydrogens is 196 g/mol. The zero-order chi connectivity index (χ0) is 11.8. The molecule has 0 heterocycles. The fraction of sp³-hybridized carbons (Fsp3) is 1.00. The Morgan fingerprint density at radius 3 is 1.81 bits per heavy atom. The van der Waals surface area contributed by atoms with Crippen LogP contribution in [0.5, 0.6) is 0 Å². The van der Waals surface area contributed by atoms with Crippen molar-refractivity contribution in [1.29, 1.82) is 0 Å². The molecule has 2 fully saturated rings. The summed E-state index contributed by atoms with van der Waals surface area (Å²) in [6.07, 6.45) is 5.80.